The third kappa shape index (κ3) is 4.68. The van der Waals surface area contributed by atoms with Crippen molar-refractivity contribution in [2.75, 3.05) is 0 Å². The molecule has 0 N–H and O–H groups in total. The van der Waals surface area contributed by atoms with Gasteiger partial charge in [0.15, 0.2) is 0 Å². The number of alkyl halides is 1. The van der Waals surface area contributed by atoms with Crippen molar-refractivity contribution in [3.8, 4) is 0 Å². The summed E-state index contributed by atoms with van der Waals surface area (Å²) in [7, 11) is 0. The van der Waals surface area contributed by atoms with Crippen LogP contribution in [0.25, 0.3) is 0 Å². The lowest BCUT2D eigenvalue weighted by atomic mass is 10.0. The highest BCUT2D eigenvalue weighted by atomic mass is 35.5. The van der Waals surface area contributed by atoms with E-state index >= 15 is 0 Å². The van der Waals surface area contributed by atoms with Gasteiger partial charge in [0.25, 0.3) is 0 Å². The van der Waals surface area contributed by atoms with E-state index in [-0.39, 0.29) is 0 Å². The SMILES string of the molecule is CCC(C)(C)OOOC(=O)C(Cl)(CC)CC. The molecule has 0 bridgehead atoms. The highest BCUT2D eigenvalue weighted by molar-refractivity contribution is 6.33. The molecule has 4 nitrogen and oxygen atoms in total. The molecule has 96 valence electrons. The molecule has 16 heavy (non-hydrogen) atoms. The molecule has 0 aromatic heterocycles. The summed E-state index contributed by atoms with van der Waals surface area (Å²) in [4.78, 5) is 20.0. The summed E-state index contributed by atoms with van der Waals surface area (Å²) in [6.07, 6.45) is 1.69. The lowest BCUT2D eigenvalue weighted by Crippen LogP contribution is -2.34. The Balaban J connectivity index is 4.08. The van der Waals surface area contributed by atoms with E-state index in [4.69, 9.17) is 16.5 Å². The molecule has 0 aromatic rings. The molecule has 0 fully saturated rings. The minimum Gasteiger partial charge on any atom is -0.267 e. The summed E-state index contributed by atoms with van der Waals surface area (Å²) >= 11 is 6.03. The number of carbonyl (C=O) groups excluding carboxylic acids is 1. The molecule has 0 rings (SSSR count). The fourth-order valence-electron chi connectivity index (χ4n) is 0.812. The van der Waals surface area contributed by atoms with Gasteiger partial charge >= 0.3 is 5.97 Å². The van der Waals surface area contributed by atoms with Crippen LogP contribution >= 0.6 is 11.6 Å². The van der Waals surface area contributed by atoms with Gasteiger partial charge in [0.05, 0.1) is 0 Å². The largest absolute Gasteiger partial charge is 0.366 e. The van der Waals surface area contributed by atoms with Crippen molar-refractivity contribution >= 4 is 17.6 Å². The first kappa shape index (κ1) is 15.7. The van der Waals surface area contributed by atoms with Crippen LogP contribution in [0.3, 0.4) is 0 Å². The van der Waals surface area contributed by atoms with Gasteiger partial charge in [-0.2, -0.15) is 4.89 Å². The van der Waals surface area contributed by atoms with Gasteiger partial charge in [-0.1, -0.05) is 20.8 Å². The summed E-state index contributed by atoms with van der Waals surface area (Å²) < 4.78 is 0. The highest BCUT2D eigenvalue weighted by Crippen LogP contribution is 2.26. The van der Waals surface area contributed by atoms with Gasteiger partial charge in [-0.25, -0.2) is 4.79 Å². The third-order valence-corrected chi connectivity index (χ3v) is 3.40. The van der Waals surface area contributed by atoms with Crippen LogP contribution < -0.4 is 0 Å². The Bertz CT molecular complexity index is 224. The predicted octanol–water partition coefficient (Wildman–Crippen LogP) is 3.38. The number of rotatable bonds is 7. The van der Waals surface area contributed by atoms with Gasteiger partial charge in [0, 0.05) is 0 Å². The number of hydrogen-bond acceptors (Lipinski definition) is 4. The Hall–Kier alpha value is -0.320. The monoisotopic (exact) mass is 252 g/mol. The standard InChI is InChI=1S/C11H21ClO4/c1-6-10(4,5)15-16-14-9(13)11(12,7-2)8-3/h6-8H2,1-5H3. The number of hydrogen-bond donors (Lipinski definition) is 0. The fraction of sp³-hybridized carbons (Fsp3) is 0.909. The molecule has 0 spiro atoms. The highest BCUT2D eigenvalue weighted by Gasteiger charge is 2.35. The van der Waals surface area contributed by atoms with E-state index in [1.54, 1.807) is 0 Å². The van der Waals surface area contributed by atoms with Crippen molar-refractivity contribution in [3.63, 3.8) is 0 Å². The van der Waals surface area contributed by atoms with E-state index < -0.39 is 16.4 Å². The quantitative estimate of drug-likeness (QED) is 0.396. The lowest BCUT2D eigenvalue weighted by molar-refractivity contribution is -0.517. The second-order valence-corrected chi connectivity index (χ2v) is 5.03. The predicted molar refractivity (Wildman–Crippen MR) is 61.8 cm³/mol. The van der Waals surface area contributed by atoms with Gasteiger partial charge in [0.1, 0.15) is 10.5 Å². The molecule has 5 heteroatoms. The Morgan fingerprint density at radius 2 is 1.62 bits per heavy atom. The van der Waals surface area contributed by atoms with Gasteiger partial charge in [-0.3, -0.25) is 4.89 Å². The Morgan fingerprint density at radius 1 is 1.12 bits per heavy atom. The Kier molecular flexibility index (Phi) is 6.30. The molecule has 0 radical (unpaired) electrons. The van der Waals surface area contributed by atoms with E-state index in [2.05, 4.69) is 9.93 Å². The third-order valence-electron chi connectivity index (χ3n) is 2.71. The van der Waals surface area contributed by atoms with Crippen LogP contribution in [0.1, 0.15) is 53.9 Å². The van der Waals surface area contributed by atoms with Crippen molar-refractivity contribution in [3.05, 3.63) is 0 Å². The molecule has 0 atom stereocenters. The van der Waals surface area contributed by atoms with Crippen LogP contribution in [-0.4, -0.2) is 16.4 Å². The van der Waals surface area contributed by atoms with E-state index in [0.717, 1.165) is 6.42 Å². The van der Waals surface area contributed by atoms with E-state index in [1.807, 2.05) is 34.6 Å². The van der Waals surface area contributed by atoms with E-state index in [1.165, 1.54) is 0 Å². The topological polar surface area (TPSA) is 44.8 Å². The average Bonchev–Trinajstić information content (AvgIpc) is 2.27. The second-order valence-electron chi connectivity index (χ2n) is 4.31. The van der Waals surface area contributed by atoms with Gasteiger partial charge in [0.2, 0.25) is 0 Å². The summed E-state index contributed by atoms with van der Waals surface area (Å²) in [6, 6.07) is 0. The first-order chi connectivity index (χ1) is 7.31. The smallest absolute Gasteiger partial charge is 0.267 e. The molecule has 0 aliphatic carbocycles. The maximum absolute atomic E-state index is 11.5. The zero-order valence-electron chi connectivity index (χ0n) is 10.6. The van der Waals surface area contributed by atoms with Crippen molar-refractivity contribution in [2.45, 2.75) is 64.4 Å². The molecular weight excluding hydrogens is 232 g/mol. The van der Waals surface area contributed by atoms with Crippen LogP contribution in [0.2, 0.25) is 0 Å². The molecule has 0 unspecified atom stereocenters. The van der Waals surface area contributed by atoms with Crippen molar-refractivity contribution in [1.29, 1.82) is 0 Å². The van der Waals surface area contributed by atoms with Gasteiger partial charge < -0.3 is 0 Å². The molecule has 0 heterocycles. The zero-order chi connectivity index (χ0) is 12.8. The number of carbonyl (C=O) groups is 1. The fourth-order valence-corrected chi connectivity index (χ4v) is 0.844. The maximum atomic E-state index is 11.5. The number of halogens is 1. The Morgan fingerprint density at radius 3 is 2.00 bits per heavy atom. The van der Waals surface area contributed by atoms with Gasteiger partial charge in [-0.05, 0) is 38.1 Å². The van der Waals surface area contributed by atoms with Crippen LogP contribution in [0.5, 0.6) is 0 Å². The molecular formula is C11H21ClO4. The first-order valence-corrected chi connectivity index (χ1v) is 5.94. The Labute approximate surface area is 102 Å². The van der Waals surface area contributed by atoms with E-state index in [9.17, 15) is 4.79 Å². The first-order valence-electron chi connectivity index (χ1n) is 5.57. The van der Waals surface area contributed by atoms with Crippen LogP contribution in [0, 0.1) is 0 Å². The van der Waals surface area contributed by atoms with Crippen LogP contribution in [0.4, 0.5) is 0 Å². The van der Waals surface area contributed by atoms with Crippen molar-refractivity contribution < 1.29 is 19.6 Å². The van der Waals surface area contributed by atoms with Crippen molar-refractivity contribution in [2.24, 2.45) is 0 Å². The van der Waals surface area contributed by atoms with Gasteiger partial charge in [-0.15, -0.1) is 11.6 Å². The summed E-state index contributed by atoms with van der Waals surface area (Å²) in [5.74, 6) is -0.619. The van der Waals surface area contributed by atoms with Crippen LogP contribution in [-0.2, 0) is 19.6 Å². The minimum absolute atomic E-state index is 0.477. The van der Waals surface area contributed by atoms with Crippen molar-refractivity contribution in [1.82, 2.24) is 0 Å². The lowest BCUT2D eigenvalue weighted by Gasteiger charge is -2.23. The second kappa shape index (κ2) is 6.42. The zero-order valence-corrected chi connectivity index (χ0v) is 11.4. The summed E-state index contributed by atoms with van der Waals surface area (Å²) in [5.41, 5.74) is -0.492. The molecule has 0 amide bonds. The molecule has 0 aliphatic rings. The maximum Gasteiger partial charge on any atom is 0.366 e. The molecule has 0 saturated heterocycles. The normalized spacial score (nSPS) is 12.6. The molecule has 0 aliphatic heterocycles. The minimum atomic E-state index is -1.03. The van der Waals surface area contributed by atoms with E-state index in [0.29, 0.717) is 12.8 Å². The molecule has 0 aromatic carbocycles. The average molecular weight is 253 g/mol. The molecule has 0 saturated carbocycles. The van der Waals surface area contributed by atoms with Crippen LogP contribution in [0.15, 0.2) is 0 Å². The summed E-state index contributed by atoms with van der Waals surface area (Å²) in [5, 5.41) is 4.47. The summed E-state index contributed by atoms with van der Waals surface area (Å²) in [6.45, 7) is 9.22.